The predicted molar refractivity (Wildman–Crippen MR) is 84.2 cm³/mol. The zero-order valence-electron chi connectivity index (χ0n) is 13.3. The Morgan fingerprint density at radius 2 is 2.05 bits per heavy atom. The Kier molecular flexibility index (Phi) is 6.07. The largest absolute Gasteiger partial charge is 0.493 e. The van der Waals surface area contributed by atoms with Gasteiger partial charge in [0.05, 0.1) is 19.8 Å². The van der Waals surface area contributed by atoms with Crippen molar-refractivity contribution in [2.24, 2.45) is 5.73 Å². The molecule has 1 unspecified atom stereocenters. The maximum atomic E-state index is 11.6. The van der Waals surface area contributed by atoms with Crippen LogP contribution in [0.3, 0.4) is 0 Å². The fraction of sp³-hybridized carbons (Fsp3) is 0.588. The summed E-state index contributed by atoms with van der Waals surface area (Å²) in [7, 11) is 1.63. The molecule has 1 aromatic rings. The summed E-state index contributed by atoms with van der Waals surface area (Å²) in [4.78, 5) is 11.6. The van der Waals surface area contributed by atoms with Gasteiger partial charge < -0.3 is 19.9 Å². The zero-order chi connectivity index (χ0) is 15.9. The van der Waals surface area contributed by atoms with Gasteiger partial charge in [-0.15, -0.1) is 0 Å². The lowest BCUT2D eigenvalue weighted by Crippen LogP contribution is -2.34. The molecule has 1 fully saturated rings. The van der Waals surface area contributed by atoms with Gasteiger partial charge in [-0.2, -0.15) is 0 Å². The molecule has 1 saturated carbocycles. The molecule has 0 spiro atoms. The van der Waals surface area contributed by atoms with Crippen molar-refractivity contribution in [3.8, 4) is 11.5 Å². The second-order valence-electron chi connectivity index (χ2n) is 5.57. The maximum Gasteiger partial charge on any atom is 0.323 e. The van der Waals surface area contributed by atoms with Gasteiger partial charge >= 0.3 is 5.97 Å². The molecule has 1 aliphatic carbocycles. The van der Waals surface area contributed by atoms with Gasteiger partial charge in [-0.3, -0.25) is 4.79 Å². The van der Waals surface area contributed by atoms with Crippen LogP contribution in [-0.2, 0) is 16.0 Å². The van der Waals surface area contributed by atoms with Crippen LogP contribution < -0.4 is 15.2 Å². The highest BCUT2D eigenvalue weighted by atomic mass is 16.5. The minimum atomic E-state index is -0.660. The molecular weight excluding hydrogens is 282 g/mol. The van der Waals surface area contributed by atoms with Gasteiger partial charge in [0.15, 0.2) is 11.5 Å². The van der Waals surface area contributed by atoms with Crippen molar-refractivity contribution >= 4 is 5.97 Å². The Morgan fingerprint density at radius 3 is 2.68 bits per heavy atom. The Hall–Kier alpha value is -1.75. The molecule has 0 saturated heterocycles. The number of esters is 1. The fourth-order valence-corrected chi connectivity index (χ4v) is 2.71. The SMILES string of the molecule is CCOC(=O)C(N)Cc1ccc(OC)c(OC2CCCC2)c1. The third kappa shape index (κ3) is 4.37. The minimum absolute atomic E-state index is 0.253. The average molecular weight is 307 g/mol. The van der Waals surface area contributed by atoms with Crippen LogP contribution in [-0.4, -0.2) is 31.8 Å². The third-order valence-corrected chi connectivity index (χ3v) is 3.87. The minimum Gasteiger partial charge on any atom is -0.493 e. The van der Waals surface area contributed by atoms with Gasteiger partial charge in [0, 0.05) is 0 Å². The molecule has 2 rings (SSSR count). The smallest absolute Gasteiger partial charge is 0.323 e. The van der Waals surface area contributed by atoms with Gasteiger partial charge in [0.2, 0.25) is 0 Å². The topological polar surface area (TPSA) is 70.8 Å². The molecule has 5 nitrogen and oxygen atoms in total. The van der Waals surface area contributed by atoms with Gasteiger partial charge in [-0.05, 0) is 56.7 Å². The van der Waals surface area contributed by atoms with E-state index in [0.29, 0.717) is 18.8 Å². The second kappa shape index (κ2) is 8.03. The molecule has 122 valence electrons. The van der Waals surface area contributed by atoms with Gasteiger partial charge in [-0.25, -0.2) is 0 Å². The molecule has 0 aromatic heterocycles. The lowest BCUT2D eigenvalue weighted by atomic mass is 10.1. The first-order chi connectivity index (χ1) is 10.6. The number of nitrogens with two attached hydrogens (primary N) is 1. The number of benzene rings is 1. The van der Waals surface area contributed by atoms with E-state index in [1.54, 1.807) is 14.0 Å². The van der Waals surface area contributed by atoms with Crippen molar-refractivity contribution in [2.45, 2.75) is 51.2 Å². The van der Waals surface area contributed by atoms with Gasteiger partial charge in [0.25, 0.3) is 0 Å². The normalized spacial score (nSPS) is 16.3. The first-order valence-electron chi connectivity index (χ1n) is 7.89. The molecule has 0 bridgehead atoms. The Labute approximate surface area is 131 Å². The molecule has 0 aliphatic heterocycles. The van der Waals surface area contributed by atoms with E-state index in [1.807, 2.05) is 18.2 Å². The summed E-state index contributed by atoms with van der Waals surface area (Å²) < 4.78 is 16.3. The summed E-state index contributed by atoms with van der Waals surface area (Å²) in [5.41, 5.74) is 6.81. The molecule has 5 heteroatoms. The molecule has 2 N–H and O–H groups in total. The van der Waals surface area contributed by atoms with Crippen molar-refractivity contribution in [1.29, 1.82) is 0 Å². The van der Waals surface area contributed by atoms with E-state index in [9.17, 15) is 4.79 Å². The molecule has 1 atom stereocenters. The quantitative estimate of drug-likeness (QED) is 0.784. The Bertz CT molecular complexity index is 497. The number of rotatable bonds is 7. The fourth-order valence-electron chi connectivity index (χ4n) is 2.71. The van der Waals surface area contributed by atoms with Gasteiger partial charge in [-0.1, -0.05) is 6.07 Å². The first-order valence-corrected chi connectivity index (χ1v) is 7.89. The van der Waals surface area contributed by atoms with Crippen LogP contribution in [0.5, 0.6) is 11.5 Å². The number of carbonyl (C=O) groups is 1. The lowest BCUT2D eigenvalue weighted by Gasteiger charge is -2.17. The maximum absolute atomic E-state index is 11.6. The summed E-state index contributed by atoms with van der Waals surface area (Å²) in [5.74, 6) is 1.06. The Morgan fingerprint density at radius 1 is 1.32 bits per heavy atom. The predicted octanol–water partition coefficient (Wildman–Crippen LogP) is 2.45. The van der Waals surface area contributed by atoms with Crippen LogP contribution in [0.2, 0.25) is 0 Å². The molecule has 0 heterocycles. The van der Waals surface area contributed by atoms with E-state index in [-0.39, 0.29) is 12.1 Å². The highest BCUT2D eigenvalue weighted by molar-refractivity contribution is 5.75. The zero-order valence-corrected chi connectivity index (χ0v) is 13.3. The van der Waals surface area contributed by atoms with Crippen LogP contribution in [0.4, 0.5) is 0 Å². The summed E-state index contributed by atoms with van der Waals surface area (Å²) in [6.07, 6.45) is 5.25. The van der Waals surface area contributed by atoms with Crippen LogP contribution in [0.15, 0.2) is 18.2 Å². The van der Waals surface area contributed by atoms with Crippen molar-refractivity contribution in [3.63, 3.8) is 0 Å². The van der Waals surface area contributed by atoms with Crippen molar-refractivity contribution in [3.05, 3.63) is 23.8 Å². The lowest BCUT2D eigenvalue weighted by molar-refractivity contribution is -0.144. The van der Waals surface area contributed by atoms with Crippen molar-refractivity contribution < 1.29 is 19.0 Å². The number of carbonyl (C=O) groups excluding carboxylic acids is 1. The summed E-state index contributed by atoms with van der Waals surface area (Å²) >= 11 is 0. The van der Waals surface area contributed by atoms with E-state index in [4.69, 9.17) is 19.9 Å². The highest BCUT2D eigenvalue weighted by Gasteiger charge is 2.20. The average Bonchev–Trinajstić information content (AvgIpc) is 3.01. The second-order valence-corrected chi connectivity index (χ2v) is 5.57. The number of ether oxygens (including phenoxy) is 3. The van der Waals surface area contributed by atoms with Crippen LogP contribution in [0.1, 0.15) is 38.2 Å². The Balaban J connectivity index is 2.07. The highest BCUT2D eigenvalue weighted by Crippen LogP contribution is 2.32. The molecule has 1 aliphatic rings. The van der Waals surface area contributed by atoms with E-state index in [0.717, 1.165) is 24.2 Å². The molecule has 0 radical (unpaired) electrons. The standard InChI is InChI=1S/C17H25NO4/c1-3-21-17(19)14(18)10-12-8-9-15(20-2)16(11-12)22-13-6-4-5-7-13/h8-9,11,13-14H,3-7,10,18H2,1-2H3. The molecule has 0 amide bonds. The number of hydrogen-bond donors (Lipinski definition) is 1. The van der Waals surface area contributed by atoms with E-state index < -0.39 is 6.04 Å². The van der Waals surface area contributed by atoms with Crippen LogP contribution in [0.25, 0.3) is 0 Å². The number of methoxy groups -OCH3 is 1. The van der Waals surface area contributed by atoms with Crippen LogP contribution >= 0.6 is 0 Å². The van der Waals surface area contributed by atoms with Crippen molar-refractivity contribution in [1.82, 2.24) is 0 Å². The van der Waals surface area contributed by atoms with E-state index in [1.165, 1.54) is 12.8 Å². The van der Waals surface area contributed by atoms with Gasteiger partial charge in [0.1, 0.15) is 6.04 Å². The molecular formula is C17H25NO4. The summed E-state index contributed by atoms with van der Waals surface area (Å²) in [6, 6.07) is 5.01. The monoisotopic (exact) mass is 307 g/mol. The van der Waals surface area contributed by atoms with Crippen molar-refractivity contribution in [2.75, 3.05) is 13.7 Å². The summed E-state index contributed by atoms with van der Waals surface area (Å²) in [6.45, 7) is 2.11. The number of hydrogen-bond acceptors (Lipinski definition) is 5. The summed E-state index contributed by atoms with van der Waals surface area (Å²) in [5, 5.41) is 0. The third-order valence-electron chi connectivity index (χ3n) is 3.87. The van der Waals surface area contributed by atoms with E-state index in [2.05, 4.69) is 0 Å². The van der Waals surface area contributed by atoms with E-state index >= 15 is 0 Å². The molecule has 22 heavy (non-hydrogen) atoms. The first kappa shape index (κ1) is 16.6. The molecule has 1 aromatic carbocycles. The van der Waals surface area contributed by atoms with Crippen LogP contribution in [0, 0.1) is 0 Å².